The minimum absolute atomic E-state index is 0.0293. The van der Waals surface area contributed by atoms with Gasteiger partial charge >= 0.3 is 0 Å². The standard InChI is InChI=1S/C20H26N2OS/c1-13(2)20(18-6-5-11-24-18)21-19(23)10-7-16-12-14(3)22(15(16)4)17-8-9-17/h5-7,10-13,17,20H,8-9H2,1-4H3,(H,21,23)/b10-7+/t20-/m0/s1. The van der Waals surface area contributed by atoms with Gasteiger partial charge < -0.3 is 9.88 Å². The van der Waals surface area contributed by atoms with Crippen molar-refractivity contribution in [1.29, 1.82) is 0 Å². The summed E-state index contributed by atoms with van der Waals surface area (Å²) in [5, 5.41) is 5.20. The van der Waals surface area contributed by atoms with Crippen molar-refractivity contribution in [2.45, 2.75) is 52.6 Å². The van der Waals surface area contributed by atoms with E-state index in [1.165, 1.54) is 29.1 Å². The minimum Gasteiger partial charge on any atom is -0.346 e. The SMILES string of the molecule is Cc1cc(/C=C/C(=O)N[C@H](c2cccs2)C(C)C)c(C)n1C1CC1. The summed E-state index contributed by atoms with van der Waals surface area (Å²) in [6, 6.07) is 7.04. The van der Waals surface area contributed by atoms with Crippen LogP contribution in [0.5, 0.6) is 0 Å². The first kappa shape index (κ1) is 17.0. The fourth-order valence-corrected chi connectivity index (χ4v) is 4.22. The van der Waals surface area contributed by atoms with Crippen LogP contribution in [0.3, 0.4) is 0 Å². The molecule has 1 N–H and O–H groups in total. The highest BCUT2D eigenvalue weighted by Gasteiger charge is 2.26. The van der Waals surface area contributed by atoms with Gasteiger partial charge in [-0.25, -0.2) is 0 Å². The van der Waals surface area contributed by atoms with Crippen molar-refractivity contribution in [2.75, 3.05) is 0 Å². The quantitative estimate of drug-likeness (QED) is 0.734. The van der Waals surface area contributed by atoms with Crippen molar-refractivity contribution >= 4 is 23.3 Å². The highest BCUT2D eigenvalue weighted by Crippen LogP contribution is 2.38. The Bertz CT molecular complexity index is 736. The number of carbonyl (C=O) groups excluding carboxylic acids is 1. The largest absolute Gasteiger partial charge is 0.346 e. The van der Waals surface area contributed by atoms with Crippen LogP contribution in [0.4, 0.5) is 0 Å². The maximum atomic E-state index is 12.4. The van der Waals surface area contributed by atoms with Gasteiger partial charge in [0.15, 0.2) is 0 Å². The van der Waals surface area contributed by atoms with Gasteiger partial charge in [0.2, 0.25) is 5.91 Å². The van der Waals surface area contributed by atoms with E-state index in [2.05, 4.69) is 55.1 Å². The maximum absolute atomic E-state index is 12.4. The Morgan fingerprint density at radius 3 is 2.71 bits per heavy atom. The van der Waals surface area contributed by atoms with Crippen LogP contribution >= 0.6 is 11.3 Å². The third-order valence-corrected chi connectivity index (χ3v) is 5.62. The Balaban J connectivity index is 1.70. The molecule has 0 spiro atoms. The lowest BCUT2D eigenvalue weighted by molar-refractivity contribution is -0.117. The summed E-state index contributed by atoms with van der Waals surface area (Å²) in [7, 11) is 0. The Hall–Kier alpha value is -1.81. The van der Waals surface area contributed by atoms with Gasteiger partial charge in [0.25, 0.3) is 0 Å². The average molecular weight is 343 g/mol. The molecule has 1 aliphatic rings. The van der Waals surface area contributed by atoms with E-state index in [9.17, 15) is 4.79 Å². The molecule has 0 aromatic carbocycles. The predicted molar refractivity (Wildman–Crippen MR) is 101 cm³/mol. The van der Waals surface area contributed by atoms with Crippen molar-refractivity contribution in [1.82, 2.24) is 9.88 Å². The lowest BCUT2D eigenvalue weighted by Gasteiger charge is -2.20. The summed E-state index contributed by atoms with van der Waals surface area (Å²) in [6.45, 7) is 8.56. The van der Waals surface area contributed by atoms with E-state index in [4.69, 9.17) is 0 Å². The van der Waals surface area contributed by atoms with Crippen LogP contribution in [0.1, 0.15) is 60.6 Å². The number of rotatable bonds is 6. The zero-order valence-corrected chi connectivity index (χ0v) is 15.7. The van der Waals surface area contributed by atoms with Crippen LogP contribution in [0.15, 0.2) is 29.7 Å². The van der Waals surface area contributed by atoms with E-state index >= 15 is 0 Å². The second kappa shape index (κ2) is 6.98. The Kier molecular flexibility index (Phi) is 4.95. The molecule has 4 heteroatoms. The van der Waals surface area contributed by atoms with Gasteiger partial charge in [-0.1, -0.05) is 19.9 Å². The van der Waals surface area contributed by atoms with Gasteiger partial charge in [-0.2, -0.15) is 0 Å². The maximum Gasteiger partial charge on any atom is 0.244 e. The van der Waals surface area contributed by atoms with E-state index < -0.39 is 0 Å². The second-order valence-corrected chi connectivity index (χ2v) is 7.99. The normalized spacial score (nSPS) is 16.0. The van der Waals surface area contributed by atoms with Crippen molar-refractivity contribution in [3.63, 3.8) is 0 Å². The minimum atomic E-state index is -0.0293. The number of amides is 1. The van der Waals surface area contributed by atoms with Gasteiger partial charge in [0.1, 0.15) is 0 Å². The number of thiophene rings is 1. The van der Waals surface area contributed by atoms with Crippen molar-refractivity contribution in [2.24, 2.45) is 5.92 Å². The first-order valence-corrected chi connectivity index (χ1v) is 9.55. The van der Waals surface area contributed by atoms with Gasteiger partial charge in [0.05, 0.1) is 6.04 Å². The number of nitrogens with zero attached hydrogens (tertiary/aromatic N) is 1. The predicted octanol–water partition coefficient (Wildman–Crippen LogP) is 5.03. The zero-order chi connectivity index (χ0) is 17.3. The monoisotopic (exact) mass is 342 g/mol. The first-order valence-electron chi connectivity index (χ1n) is 8.67. The van der Waals surface area contributed by atoms with Crippen LogP contribution in [0.25, 0.3) is 6.08 Å². The van der Waals surface area contributed by atoms with Crippen LogP contribution in [0.2, 0.25) is 0 Å². The molecule has 1 fully saturated rings. The van der Waals surface area contributed by atoms with Crippen molar-refractivity contribution in [3.05, 3.63) is 51.5 Å². The van der Waals surface area contributed by atoms with Crippen LogP contribution < -0.4 is 5.32 Å². The van der Waals surface area contributed by atoms with Gasteiger partial charge in [0, 0.05) is 28.4 Å². The molecule has 3 rings (SSSR count). The fraction of sp³-hybridized carbons (Fsp3) is 0.450. The molecule has 0 radical (unpaired) electrons. The first-order chi connectivity index (χ1) is 11.5. The molecule has 1 aliphatic carbocycles. The zero-order valence-electron chi connectivity index (χ0n) is 14.9. The number of aryl methyl sites for hydroxylation is 1. The van der Waals surface area contributed by atoms with Crippen LogP contribution in [0, 0.1) is 19.8 Å². The number of nitrogens with one attached hydrogen (secondary N) is 1. The molecule has 1 amide bonds. The summed E-state index contributed by atoms with van der Waals surface area (Å²) in [5.41, 5.74) is 3.69. The third-order valence-electron chi connectivity index (χ3n) is 4.66. The molecule has 2 aromatic rings. The molecule has 0 saturated heterocycles. The number of aromatic nitrogens is 1. The third kappa shape index (κ3) is 3.64. The van der Waals surface area contributed by atoms with E-state index in [1.54, 1.807) is 17.4 Å². The molecule has 0 aliphatic heterocycles. The lowest BCUT2D eigenvalue weighted by atomic mass is 10.0. The molecule has 2 heterocycles. The van der Waals surface area contributed by atoms with Gasteiger partial charge in [-0.15, -0.1) is 11.3 Å². The summed E-state index contributed by atoms with van der Waals surface area (Å²) in [5.74, 6) is 0.333. The van der Waals surface area contributed by atoms with Crippen molar-refractivity contribution in [3.8, 4) is 0 Å². The Labute approximate surface area is 148 Å². The molecular formula is C20H26N2OS. The van der Waals surface area contributed by atoms with E-state index in [-0.39, 0.29) is 11.9 Å². The molecule has 128 valence electrons. The summed E-state index contributed by atoms with van der Waals surface area (Å²) < 4.78 is 2.40. The molecule has 1 saturated carbocycles. The summed E-state index contributed by atoms with van der Waals surface area (Å²) >= 11 is 1.69. The molecule has 3 nitrogen and oxygen atoms in total. The number of hydrogen-bond acceptors (Lipinski definition) is 2. The number of carbonyl (C=O) groups is 1. The summed E-state index contributed by atoms with van der Waals surface area (Å²) in [6.07, 6.45) is 6.16. The van der Waals surface area contributed by atoms with Gasteiger partial charge in [-0.05, 0) is 61.8 Å². The molecule has 1 atom stereocenters. The van der Waals surface area contributed by atoms with Crippen LogP contribution in [-0.4, -0.2) is 10.5 Å². The molecule has 0 bridgehead atoms. The Morgan fingerprint density at radius 2 is 2.12 bits per heavy atom. The smallest absolute Gasteiger partial charge is 0.244 e. The van der Waals surface area contributed by atoms with E-state index in [0.29, 0.717) is 12.0 Å². The highest BCUT2D eigenvalue weighted by molar-refractivity contribution is 7.10. The molecular weight excluding hydrogens is 316 g/mol. The van der Waals surface area contributed by atoms with E-state index in [0.717, 1.165) is 5.56 Å². The molecule has 0 unspecified atom stereocenters. The Morgan fingerprint density at radius 1 is 1.38 bits per heavy atom. The van der Waals surface area contributed by atoms with Crippen LogP contribution in [-0.2, 0) is 4.79 Å². The van der Waals surface area contributed by atoms with E-state index in [1.807, 2.05) is 12.1 Å². The number of hydrogen-bond donors (Lipinski definition) is 1. The fourth-order valence-electron chi connectivity index (χ4n) is 3.27. The molecule has 2 aromatic heterocycles. The lowest BCUT2D eigenvalue weighted by Crippen LogP contribution is -2.29. The average Bonchev–Trinajstić information content (AvgIpc) is 3.12. The van der Waals surface area contributed by atoms with Gasteiger partial charge in [-0.3, -0.25) is 4.79 Å². The van der Waals surface area contributed by atoms with Crippen molar-refractivity contribution < 1.29 is 4.79 Å². The highest BCUT2D eigenvalue weighted by atomic mass is 32.1. The molecule has 24 heavy (non-hydrogen) atoms. The summed E-state index contributed by atoms with van der Waals surface area (Å²) in [4.78, 5) is 13.6. The topological polar surface area (TPSA) is 34.0 Å². The second-order valence-electron chi connectivity index (χ2n) is 7.01.